The van der Waals surface area contributed by atoms with Crippen LogP contribution in [0.15, 0.2) is 24.3 Å². The summed E-state index contributed by atoms with van der Waals surface area (Å²) in [5, 5.41) is 20.7. The second-order valence-corrected chi connectivity index (χ2v) is 3.73. The molecular weight excluding hydrogens is 250 g/mol. The van der Waals surface area contributed by atoms with E-state index >= 15 is 0 Å². The lowest BCUT2D eigenvalue weighted by Crippen LogP contribution is -2.43. The summed E-state index contributed by atoms with van der Waals surface area (Å²) in [6, 6.07) is 5.85. The topological polar surface area (TPSA) is 89.7 Å². The molecule has 1 rings (SSSR count). The molecule has 1 aromatic carbocycles. The number of methoxy groups -OCH3 is 1. The molecule has 1 aromatic rings. The van der Waals surface area contributed by atoms with E-state index in [4.69, 9.17) is 11.6 Å². The van der Waals surface area contributed by atoms with Crippen LogP contribution in [-0.2, 0) is 15.1 Å². The Bertz CT molecular complexity index is 450. The molecule has 92 valence electrons. The second kappa shape index (κ2) is 5.11. The maximum atomic E-state index is 11.5. The SMILES string of the molecule is COC(=O)C(O)(C[N+](=O)[O-])c1ccccc1Cl. The summed E-state index contributed by atoms with van der Waals surface area (Å²) in [5.41, 5.74) is -2.43. The fraction of sp³-hybridized carbons (Fsp3) is 0.300. The number of hydrogen-bond acceptors (Lipinski definition) is 5. The van der Waals surface area contributed by atoms with Crippen LogP contribution in [0.1, 0.15) is 5.56 Å². The lowest BCUT2D eigenvalue weighted by Gasteiger charge is -2.22. The van der Waals surface area contributed by atoms with E-state index in [1.165, 1.54) is 18.2 Å². The fourth-order valence-corrected chi connectivity index (χ4v) is 1.70. The summed E-state index contributed by atoms with van der Waals surface area (Å²) in [7, 11) is 1.03. The van der Waals surface area contributed by atoms with E-state index in [0.29, 0.717) is 0 Å². The zero-order valence-electron chi connectivity index (χ0n) is 8.92. The third-order valence-electron chi connectivity index (χ3n) is 2.20. The molecule has 1 atom stereocenters. The van der Waals surface area contributed by atoms with Crippen molar-refractivity contribution >= 4 is 17.6 Å². The highest BCUT2D eigenvalue weighted by atomic mass is 35.5. The molecule has 0 amide bonds. The third-order valence-corrected chi connectivity index (χ3v) is 2.53. The molecule has 6 nitrogen and oxygen atoms in total. The highest BCUT2D eigenvalue weighted by Gasteiger charge is 2.46. The molecule has 0 saturated heterocycles. The van der Waals surface area contributed by atoms with Gasteiger partial charge in [-0.2, -0.15) is 0 Å². The minimum atomic E-state index is -2.38. The highest BCUT2D eigenvalue weighted by molar-refractivity contribution is 6.31. The lowest BCUT2D eigenvalue weighted by molar-refractivity contribution is -0.499. The van der Waals surface area contributed by atoms with Gasteiger partial charge < -0.3 is 9.84 Å². The van der Waals surface area contributed by atoms with E-state index in [1.807, 2.05) is 0 Å². The smallest absolute Gasteiger partial charge is 0.349 e. The number of carbonyl (C=O) groups excluding carboxylic acids is 1. The van der Waals surface area contributed by atoms with Gasteiger partial charge in [0.05, 0.1) is 7.11 Å². The van der Waals surface area contributed by atoms with Gasteiger partial charge in [-0.25, -0.2) is 4.79 Å². The lowest BCUT2D eigenvalue weighted by atomic mass is 9.94. The summed E-state index contributed by atoms with van der Waals surface area (Å²) in [4.78, 5) is 21.2. The van der Waals surface area contributed by atoms with E-state index in [2.05, 4.69) is 4.74 Å². The minimum absolute atomic E-state index is 0.0507. The summed E-state index contributed by atoms with van der Waals surface area (Å²) in [5.74, 6) is -1.12. The maximum absolute atomic E-state index is 11.5. The Labute approximate surface area is 102 Å². The van der Waals surface area contributed by atoms with E-state index in [9.17, 15) is 20.0 Å². The van der Waals surface area contributed by atoms with Crippen LogP contribution in [-0.4, -0.2) is 29.7 Å². The minimum Gasteiger partial charge on any atom is -0.466 e. The predicted octanol–water partition coefficient (Wildman–Crippen LogP) is 0.977. The van der Waals surface area contributed by atoms with Gasteiger partial charge in [-0.05, 0) is 6.07 Å². The van der Waals surface area contributed by atoms with E-state index in [1.54, 1.807) is 6.07 Å². The van der Waals surface area contributed by atoms with Crippen LogP contribution in [0.3, 0.4) is 0 Å². The summed E-state index contributed by atoms with van der Waals surface area (Å²) in [6.07, 6.45) is 0. The standard InChI is InChI=1S/C10H10ClNO5/c1-17-9(13)10(14,6-12(15)16)7-4-2-3-5-8(7)11/h2-5,14H,6H2,1H3. The quantitative estimate of drug-likeness (QED) is 0.494. The Morgan fingerprint density at radius 1 is 1.59 bits per heavy atom. The van der Waals surface area contributed by atoms with Crippen molar-refractivity contribution in [1.82, 2.24) is 0 Å². The average Bonchev–Trinajstić information content (AvgIpc) is 2.27. The number of ether oxygens (including phenoxy) is 1. The Morgan fingerprint density at radius 3 is 2.65 bits per heavy atom. The third kappa shape index (κ3) is 2.72. The molecule has 0 heterocycles. The van der Waals surface area contributed by atoms with Gasteiger partial charge in [-0.1, -0.05) is 29.8 Å². The van der Waals surface area contributed by atoms with Gasteiger partial charge in [0.25, 0.3) is 5.60 Å². The number of esters is 1. The van der Waals surface area contributed by atoms with Gasteiger partial charge >= 0.3 is 5.97 Å². The van der Waals surface area contributed by atoms with E-state index in [-0.39, 0.29) is 10.6 Å². The first-order valence-corrected chi connectivity index (χ1v) is 4.97. The van der Waals surface area contributed by atoms with Crippen LogP contribution in [0.4, 0.5) is 0 Å². The fourth-order valence-electron chi connectivity index (χ4n) is 1.41. The van der Waals surface area contributed by atoms with Gasteiger partial charge in [0.15, 0.2) is 0 Å². The number of rotatable bonds is 4. The molecule has 7 heteroatoms. The summed E-state index contributed by atoms with van der Waals surface area (Å²) >= 11 is 5.80. The maximum Gasteiger partial charge on any atom is 0.349 e. The molecule has 0 radical (unpaired) electrons. The molecule has 0 aliphatic carbocycles. The molecule has 0 spiro atoms. The molecular formula is C10H10ClNO5. The first-order chi connectivity index (χ1) is 7.91. The predicted molar refractivity (Wildman–Crippen MR) is 59.2 cm³/mol. The Hall–Kier alpha value is -1.66. The number of carbonyl (C=O) groups is 1. The molecule has 0 fully saturated rings. The highest BCUT2D eigenvalue weighted by Crippen LogP contribution is 2.29. The van der Waals surface area contributed by atoms with Crippen LogP contribution < -0.4 is 0 Å². The first-order valence-electron chi connectivity index (χ1n) is 4.59. The van der Waals surface area contributed by atoms with Crippen molar-refractivity contribution in [2.45, 2.75) is 5.60 Å². The van der Waals surface area contributed by atoms with Crippen molar-refractivity contribution in [3.05, 3.63) is 45.0 Å². The first kappa shape index (κ1) is 13.4. The van der Waals surface area contributed by atoms with Crippen LogP contribution in [0.25, 0.3) is 0 Å². The van der Waals surface area contributed by atoms with Crippen LogP contribution in [0, 0.1) is 10.1 Å². The Morgan fingerprint density at radius 2 is 2.18 bits per heavy atom. The van der Waals surface area contributed by atoms with Gasteiger partial charge in [0.2, 0.25) is 6.54 Å². The average molecular weight is 260 g/mol. The van der Waals surface area contributed by atoms with Crippen LogP contribution in [0.5, 0.6) is 0 Å². The van der Waals surface area contributed by atoms with E-state index in [0.717, 1.165) is 7.11 Å². The molecule has 0 bridgehead atoms. The number of aliphatic hydroxyl groups is 1. The largest absolute Gasteiger partial charge is 0.466 e. The molecule has 0 saturated carbocycles. The normalized spacial score (nSPS) is 13.8. The number of benzene rings is 1. The van der Waals surface area contributed by atoms with E-state index < -0.39 is 23.0 Å². The zero-order valence-corrected chi connectivity index (χ0v) is 9.68. The Balaban J connectivity index is 3.28. The van der Waals surface area contributed by atoms with Crippen molar-refractivity contribution in [2.24, 2.45) is 0 Å². The van der Waals surface area contributed by atoms with Gasteiger partial charge in [-0.3, -0.25) is 10.1 Å². The number of nitro groups is 1. The molecule has 1 N–H and O–H groups in total. The van der Waals surface area contributed by atoms with Crippen molar-refractivity contribution in [3.8, 4) is 0 Å². The molecule has 17 heavy (non-hydrogen) atoms. The molecule has 0 aliphatic rings. The van der Waals surface area contributed by atoms with Crippen molar-refractivity contribution in [3.63, 3.8) is 0 Å². The Kier molecular flexibility index (Phi) is 4.03. The van der Waals surface area contributed by atoms with Gasteiger partial charge in [0, 0.05) is 15.5 Å². The number of nitrogens with zero attached hydrogens (tertiary/aromatic N) is 1. The molecule has 0 aromatic heterocycles. The molecule has 1 unspecified atom stereocenters. The summed E-state index contributed by atoms with van der Waals surface area (Å²) < 4.78 is 4.37. The number of hydrogen-bond donors (Lipinski definition) is 1. The van der Waals surface area contributed by atoms with Gasteiger partial charge in [-0.15, -0.1) is 0 Å². The summed E-state index contributed by atoms with van der Waals surface area (Å²) in [6.45, 7) is -1.01. The van der Waals surface area contributed by atoms with Crippen molar-refractivity contribution < 1.29 is 19.6 Å². The second-order valence-electron chi connectivity index (χ2n) is 3.32. The zero-order chi connectivity index (χ0) is 13.1. The number of halogens is 1. The monoisotopic (exact) mass is 259 g/mol. The van der Waals surface area contributed by atoms with Crippen LogP contribution in [0.2, 0.25) is 5.02 Å². The van der Waals surface area contributed by atoms with Crippen molar-refractivity contribution in [2.75, 3.05) is 13.7 Å². The van der Waals surface area contributed by atoms with Gasteiger partial charge in [0.1, 0.15) is 0 Å². The van der Waals surface area contributed by atoms with Crippen LogP contribution >= 0.6 is 11.6 Å². The van der Waals surface area contributed by atoms with Crippen molar-refractivity contribution in [1.29, 1.82) is 0 Å². The molecule has 0 aliphatic heterocycles.